The van der Waals surface area contributed by atoms with E-state index < -0.39 is 30.5 Å². The Hall–Kier alpha value is -0.260. The van der Waals surface area contributed by atoms with Crippen LogP contribution in [0.2, 0.25) is 0 Å². The van der Waals surface area contributed by atoms with Gasteiger partial charge in [0.25, 0.3) is 0 Å². The van der Waals surface area contributed by atoms with E-state index >= 15 is 0 Å². The maximum atomic E-state index is 11.5. The summed E-state index contributed by atoms with van der Waals surface area (Å²) in [6.45, 7) is -0.152. The molecule has 0 aromatic rings. The van der Waals surface area contributed by atoms with Crippen LogP contribution in [0.5, 0.6) is 0 Å². The van der Waals surface area contributed by atoms with Crippen LogP contribution < -0.4 is 0 Å². The van der Waals surface area contributed by atoms with Gasteiger partial charge in [-0.2, -0.15) is 0 Å². The van der Waals surface area contributed by atoms with Crippen molar-refractivity contribution in [3.05, 3.63) is 0 Å². The van der Waals surface area contributed by atoms with E-state index in [1.807, 2.05) is 0 Å². The number of hydrogen-bond acceptors (Lipinski definition) is 3. The molecule has 0 unspecified atom stereocenters. The van der Waals surface area contributed by atoms with Crippen molar-refractivity contribution in [2.24, 2.45) is 5.41 Å². The number of rotatable bonds is 4. The molecule has 0 fully saturated rings. The average Bonchev–Trinajstić information content (AvgIpc) is 1.87. The normalized spacial score (nSPS) is 12.6. The number of halogens is 2. The van der Waals surface area contributed by atoms with E-state index in [0.29, 0.717) is 0 Å². The van der Waals surface area contributed by atoms with Crippen molar-refractivity contribution in [3.63, 3.8) is 0 Å². The predicted molar refractivity (Wildman–Crippen MR) is 31.2 cm³/mol. The van der Waals surface area contributed by atoms with Crippen LogP contribution in [0.3, 0.4) is 0 Å². The van der Waals surface area contributed by atoms with E-state index in [1.165, 1.54) is 6.92 Å². The second-order valence-electron chi connectivity index (χ2n) is 2.59. The quantitative estimate of drug-likeness (QED) is 0.564. The van der Waals surface area contributed by atoms with Crippen LogP contribution >= 0.6 is 0 Å². The number of hydrogen-bond donors (Lipinski definition) is 2. The molecule has 0 aliphatic carbocycles. The smallest absolute Gasteiger partial charge is 0.0717 e. The SMILES string of the molecule is CC(CO)(CO)CN(F)F. The molecule has 0 aromatic heterocycles. The number of nitrogens with zero attached hydrogens (tertiary/aromatic N) is 1. The lowest BCUT2D eigenvalue weighted by Gasteiger charge is -2.23. The van der Waals surface area contributed by atoms with Crippen molar-refractivity contribution in [2.75, 3.05) is 19.8 Å². The van der Waals surface area contributed by atoms with Crippen molar-refractivity contribution >= 4 is 0 Å². The molecule has 0 bridgehead atoms. The Labute approximate surface area is 57.7 Å². The fourth-order valence-corrected chi connectivity index (χ4v) is 0.439. The Morgan fingerprint density at radius 3 is 1.80 bits per heavy atom. The standard InChI is InChI=1S/C5H11F2NO2/c1-5(3-9,4-10)2-8(6)7/h9-10H,2-4H2,1H3. The summed E-state index contributed by atoms with van der Waals surface area (Å²) in [5, 5.41) is 16.0. The maximum Gasteiger partial charge on any atom is 0.0717 e. The molecule has 0 heterocycles. The van der Waals surface area contributed by atoms with Crippen LogP contribution in [0.15, 0.2) is 0 Å². The van der Waals surface area contributed by atoms with Gasteiger partial charge in [-0.3, -0.25) is 0 Å². The zero-order valence-corrected chi connectivity index (χ0v) is 5.72. The molecule has 0 radical (unpaired) electrons. The first-order valence-electron chi connectivity index (χ1n) is 2.85. The van der Waals surface area contributed by atoms with Gasteiger partial charge in [0.1, 0.15) is 0 Å². The molecular formula is C5H11F2NO2. The van der Waals surface area contributed by atoms with Crippen molar-refractivity contribution in [3.8, 4) is 0 Å². The zero-order chi connectivity index (χ0) is 8.20. The lowest BCUT2D eigenvalue weighted by atomic mass is 9.94. The van der Waals surface area contributed by atoms with Gasteiger partial charge in [-0.1, -0.05) is 6.92 Å². The first-order valence-corrected chi connectivity index (χ1v) is 2.85. The highest BCUT2D eigenvalue weighted by Gasteiger charge is 2.26. The third-order valence-electron chi connectivity index (χ3n) is 1.26. The summed E-state index contributed by atoms with van der Waals surface area (Å²) in [5.41, 5.74) is -1.11. The van der Waals surface area contributed by atoms with Crippen molar-refractivity contribution in [1.29, 1.82) is 0 Å². The molecule has 0 amide bonds. The highest BCUT2D eigenvalue weighted by atomic mass is 19.4. The van der Waals surface area contributed by atoms with Gasteiger partial charge in [0, 0.05) is 10.8 Å². The molecule has 0 saturated heterocycles. The van der Waals surface area contributed by atoms with E-state index in [1.54, 1.807) is 0 Å². The molecule has 3 nitrogen and oxygen atoms in total. The summed E-state index contributed by atoms with van der Waals surface area (Å²) >= 11 is 0. The molecule has 0 saturated carbocycles. The molecule has 0 atom stereocenters. The van der Waals surface area contributed by atoms with E-state index in [-0.39, 0.29) is 0 Å². The minimum Gasteiger partial charge on any atom is -0.396 e. The van der Waals surface area contributed by atoms with Gasteiger partial charge in [0.2, 0.25) is 0 Å². The Bertz CT molecular complexity index is 95.6. The highest BCUT2D eigenvalue weighted by Crippen LogP contribution is 2.16. The molecule has 2 N–H and O–H groups in total. The molecule has 62 valence electrons. The topological polar surface area (TPSA) is 43.7 Å². The Balaban J connectivity index is 3.80. The first-order chi connectivity index (χ1) is 4.54. The fraction of sp³-hybridized carbons (Fsp3) is 1.00. The molecule has 5 heteroatoms. The largest absolute Gasteiger partial charge is 0.396 e. The predicted octanol–water partition coefficient (Wildman–Crippen LogP) is 0.0483. The minimum absolute atomic E-state index is 0.451. The van der Waals surface area contributed by atoms with E-state index in [2.05, 4.69) is 0 Å². The zero-order valence-electron chi connectivity index (χ0n) is 5.72. The number of aliphatic hydroxyl groups is 2. The molecule has 0 aromatic carbocycles. The molecule has 0 rings (SSSR count). The maximum absolute atomic E-state index is 11.5. The average molecular weight is 155 g/mol. The van der Waals surface area contributed by atoms with Crippen LogP contribution in [0, 0.1) is 5.41 Å². The van der Waals surface area contributed by atoms with Gasteiger partial charge in [0.05, 0.1) is 19.8 Å². The summed E-state index contributed by atoms with van der Waals surface area (Å²) in [7, 11) is 0. The van der Waals surface area contributed by atoms with Gasteiger partial charge in [0.15, 0.2) is 0 Å². The molecular weight excluding hydrogens is 144 g/mol. The first kappa shape index (κ1) is 9.74. The number of aliphatic hydroxyl groups excluding tert-OH is 2. The molecule has 0 aliphatic rings. The minimum atomic E-state index is -1.11. The Morgan fingerprint density at radius 2 is 1.70 bits per heavy atom. The monoisotopic (exact) mass is 155 g/mol. The lowest BCUT2D eigenvalue weighted by molar-refractivity contribution is -0.182. The van der Waals surface area contributed by atoms with Gasteiger partial charge in [-0.15, -0.1) is 8.96 Å². The van der Waals surface area contributed by atoms with Gasteiger partial charge in [-0.25, -0.2) is 0 Å². The fourth-order valence-electron chi connectivity index (χ4n) is 0.439. The molecule has 0 aliphatic heterocycles. The summed E-state index contributed by atoms with van der Waals surface area (Å²) in [6.07, 6.45) is 0. The van der Waals surface area contributed by atoms with E-state index in [0.717, 1.165) is 0 Å². The van der Waals surface area contributed by atoms with Crippen molar-refractivity contribution < 1.29 is 19.2 Å². The summed E-state index contributed by atoms with van der Waals surface area (Å²) < 4.78 is 23.0. The van der Waals surface area contributed by atoms with Crippen LogP contribution in [0.1, 0.15) is 6.92 Å². The summed E-state index contributed by atoms with van der Waals surface area (Å²) in [4.78, 5) is 0. The van der Waals surface area contributed by atoms with Gasteiger partial charge >= 0.3 is 0 Å². The molecule has 10 heavy (non-hydrogen) atoms. The third-order valence-corrected chi connectivity index (χ3v) is 1.26. The van der Waals surface area contributed by atoms with Crippen LogP contribution in [-0.2, 0) is 0 Å². The van der Waals surface area contributed by atoms with Crippen molar-refractivity contribution in [1.82, 2.24) is 5.34 Å². The molecule has 0 spiro atoms. The van der Waals surface area contributed by atoms with E-state index in [4.69, 9.17) is 10.2 Å². The van der Waals surface area contributed by atoms with Gasteiger partial charge in [-0.05, 0) is 0 Å². The second-order valence-corrected chi connectivity index (χ2v) is 2.59. The third kappa shape index (κ3) is 3.05. The van der Waals surface area contributed by atoms with Crippen LogP contribution in [0.25, 0.3) is 0 Å². The van der Waals surface area contributed by atoms with Crippen LogP contribution in [-0.4, -0.2) is 35.3 Å². The lowest BCUT2D eigenvalue weighted by Crippen LogP contribution is -2.34. The highest BCUT2D eigenvalue weighted by molar-refractivity contribution is 4.72. The van der Waals surface area contributed by atoms with Gasteiger partial charge < -0.3 is 10.2 Å². The van der Waals surface area contributed by atoms with Crippen molar-refractivity contribution in [2.45, 2.75) is 6.92 Å². The van der Waals surface area contributed by atoms with Crippen LogP contribution in [0.4, 0.5) is 8.96 Å². The summed E-state index contributed by atoms with van der Waals surface area (Å²) in [5.74, 6) is 0. The van der Waals surface area contributed by atoms with E-state index in [9.17, 15) is 8.96 Å². The second kappa shape index (κ2) is 3.80. The Kier molecular flexibility index (Phi) is 3.70. The Morgan fingerprint density at radius 1 is 1.30 bits per heavy atom. The summed E-state index contributed by atoms with van der Waals surface area (Å²) in [6, 6.07) is 0.